The lowest BCUT2D eigenvalue weighted by Gasteiger charge is -2.07. The van der Waals surface area contributed by atoms with Crippen LogP contribution in [0.5, 0.6) is 0 Å². The number of carboxylic acid groups (broad SMARTS) is 1. The number of amides is 1. The third-order valence-corrected chi connectivity index (χ3v) is 1.17. The monoisotopic (exact) mass is 175 g/mol. The van der Waals surface area contributed by atoms with Crippen LogP contribution < -0.4 is 16.4 Å². The van der Waals surface area contributed by atoms with Crippen molar-refractivity contribution in [2.24, 2.45) is 5.73 Å². The van der Waals surface area contributed by atoms with E-state index in [4.69, 9.17) is 10.8 Å². The van der Waals surface area contributed by atoms with E-state index in [-0.39, 0.29) is 19.0 Å². The number of carbonyl (C=O) groups excluding carboxylic acids is 1. The molecule has 0 aromatic carbocycles. The van der Waals surface area contributed by atoms with E-state index in [0.29, 0.717) is 0 Å². The van der Waals surface area contributed by atoms with Gasteiger partial charge in [-0.15, -0.1) is 0 Å². The zero-order valence-electron chi connectivity index (χ0n) is 6.83. The average Bonchev–Trinajstić information content (AvgIpc) is 2.00. The maximum absolute atomic E-state index is 10.7. The summed E-state index contributed by atoms with van der Waals surface area (Å²) >= 11 is 0. The minimum atomic E-state index is -1.13. The second-order valence-electron chi connectivity index (χ2n) is 2.28. The molecule has 0 spiro atoms. The van der Waals surface area contributed by atoms with Gasteiger partial charge >= 0.3 is 5.97 Å². The number of nitrogens with two attached hydrogens (primary N) is 1. The van der Waals surface area contributed by atoms with Gasteiger partial charge in [0.25, 0.3) is 0 Å². The molecule has 6 heteroatoms. The van der Waals surface area contributed by atoms with Crippen LogP contribution in [0, 0.1) is 0 Å². The van der Waals surface area contributed by atoms with Crippen molar-refractivity contribution in [1.29, 1.82) is 0 Å². The van der Waals surface area contributed by atoms with Crippen LogP contribution in [0.2, 0.25) is 0 Å². The molecule has 5 N–H and O–H groups in total. The summed E-state index contributed by atoms with van der Waals surface area (Å²) < 4.78 is 0. The minimum Gasteiger partial charge on any atom is -0.480 e. The molecule has 0 aromatic rings. The standard InChI is InChI=1S/C6H13N3O3/c1-8-3-5(10)9-2-4(7)6(11)12/h4,8H,2-3,7H2,1H3,(H,9,10)(H,11,12). The molecule has 12 heavy (non-hydrogen) atoms. The second-order valence-corrected chi connectivity index (χ2v) is 2.28. The molecule has 0 rings (SSSR count). The molecule has 1 unspecified atom stereocenters. The van der Waals surface area contributed by atoms with Gasteiger partial charge in [-0.1, -0.05) is 0 Å². The van der Waals surface area contributed by atoms with E-state index in [1.54, 1.807) is 7.05 Å². The molecule has 1 atom stereocenters. The van der Waals surface area contributed by atoms with Crippen molar-refractivity contribution in [3.63, 3.8) is 0 Å². The molecule has 1 amide bonds. The topological polar surface area (TPSA) is 104 Å². The Balaban J connectivity index is 3.54. The van der Waals surface area contributed by atoms with E-state index in [1.165, 1.54) is 0 Å². The SMILES string of the molecule is CNCC(=O)NCC(N)C(=O)O. The largest absolute Gasteiger partial charge is 0.480 e. The highest BCUT2D eigenvalue weighted by Crippen LogP contribution is 1.74. The van der Waals surface area contributed by atoms with Gasteiger partial charge in [0.05, 0.1) is 6.54 Å². The van der Waals surface area contributed by atoms with Gasteiger partial charge in [0.1, 0.15) is 6.04 Å². The van der Waals surface area contributed by atoms with Crippen LogP contribution in [0.3, 0.4) is 0 Å². The fraction of sp³-hybridized carbons (Fsp3) is 0.667. The Labute approximate surface area is 70.1 Å². The molecule has 6 nitrogen and oxygen atoms in total. The maximum atomic E-state index is 10.7. The van der Waals surface area contributed by atoms with Gasteiger partial charge in [0.2, 0.25) is 5.91 Å². The lowest BCUT2D eigenvalue weighted by atomic mass is 10.3. The van der Waals surface area contributed by atoms with Crippen molar-refractivity contribution in [3.8, 4) is 0 Å². The summed E-state index contributed by atoms with van der Waals surface area (Å²) in [5.74, 6) is -1.39. The number of aliphatic carboxylic acids is 1. The molecule has 0 heterocycles. The molecule has 0 saturated heterocycles. The van der Waals surface area contributed by atoms with Gasteiger partial charge in [0, 0.05) is 6.54 Å². The number of hydrogen-bond donors (Lipinski definition) is 4. The van der Waals surface area contributed by atoms with E-state index in [0.717, 1.165) is 0 Å². The van der Waals surface area contributed by atoms with Gasteiger partial charge in [-0.05, 0) is 7.05 Å². The number of carbonyl (C=O) groups is 2. The summed E-state index contributed by atoms with van der Waals surface area (Å²) in [6.07, 6.45) is 0. The Hall–Kier alpha value is -1.14. The van der Waals surface area contributed by atoms with Crippen LogP contribution in [0.1, 0.15) is 0 Å². The Bertz CT molecular complexity index is 171. The van der Waals surface area contributed by atoms with E-state index >= 15 is 0 Å². The first kappa shape index (κ1) is 10.9. The van der Waals surface area contributed by atoms with Crippen molar-refractivity contribution in [2.75, 3.05) is 20.1 Å². The van der Waals surface area contributed by atoms with E-state index in [2.05, 4.69) is 10.6 Å². The summed E-state index contributed by atoms with van der Waals surface area (Å²) in [5, 5.41) is 13.3. The van der Waals surface area contributed by atoms with Gasteiger partial charge in [-0.25, -0.2) is 0 Å². The first-order valence-electron chi connectivity index (χ1n) is 3.47. The van der Waals surface area contributed by atoms with Gasteiger partial charge in [-0.3, -0.25) is 9.59 Å². The summed E-state index contributed by atoms with van der Waals surface area (Å²) in [4.78, 5) is 20.9. The summed E-state index contributed by atoms with van der Waals surface area (Å²) in [6, 6.07) is -1.04. The van der Waals surface area contributed by atoms with Crippen LogP contribution in [0.4, 0.5) is 0 Å². The van der Waals surface area contributed by atoms with Gasteiger partial charge in [-0.2, -0.15) is 0 Å². The lowest BCUT2D eigenvalue weighted by Crippen LogP contribution is -2.44. The number of rotatable bonds is 5. The van der Waals surface area contributed by atoms with Crippen LogP contribution in [0.25, 0.3) is 0 Å². The molecule has 0 radical (unpaired) electrons. The molecular weight excluding hydrogens is 162 g/mol. The molecule has 0 fully saturated rings. The number of nitrogens with one attached hydrogen (secondary N) is 2. The average molecular weight is 175 g/mol. The van der Waals surface area contributed by atoms with E-state index < -0.39 is 12.0 Å². The number of carboxylic acids is 1. The normalized spacial score (nSPS) is 12.2. The highest BCUT2D eigenvalue weighted by atomic mass is 16.4. The Morgan fingerprint density at radius 1 is 1.58 bits per heavy atom. The smallest absolute Gasteiger partial charge is 0.322 e. The van der Waals surface area contributed by atoms with Crippen molar-refractivity contribution in [3.05, 3.63) is 0 Å². The third-order valence-electron chi connectivity index (χ3n) is 1.17. The number of likely N-dealkylation sites (N-methyl/N-ethyl adjacent to an activating group) is 1. The quantitative estimate of drug-likeness (QED) is 0.377. The highest BCUT2D eigenvalue weighted by Gasteiger charge is 2.11. The zero-order chi connectivity index (χ0) is 9.56. The predicted octanol–water partition coefficient (Wildman–Crippen LogP) is -2.27. The summed E-state index contributed by atoms with van der Waals surface area (Å²) in [6.45, 7) is 0.113. The molecule has 0 aliphatic rings. The van der Waals surface area contributed by atoms with Gasteiger partial charge in [0.15, 0.2) is 0 Å². The first-order chi connectivity index (χ1) is 5.57. The molecule has 0 aromatic heterocycles. The van der Waals surface area contributed by atoms with Crippen LogP contribution >= 0.6 is 0 Å². The number of hydrogen-bond acceptors (Lipinski definition) is 4. The van der Waals surface area contributed by atoms with Crippen LogP contribution in [0.15, 0.2) is 0 Å². The van der Waals surface area contributed by atoms with E-state index in [9.17, 15) is 9.59 Å². The van der Waals surface area contributed by atoms with Crippen LogP contribution in [-0.2, 0) is 9.59 Å². The molecule has 0 bridgehead atoms. The summed E-state index contributed by atoms with van der Waals surface area (Å²) in [7, 11) is 1.62. The molecular formula is C6H13N3O3. The van der Waals surface area contributed by atoms with Crippen LogP contribution in [-0.4, -0.2) is 43.2 Å². The van der Waals surface area contributed by atoms with Crippen molar-refractivity contribution in [2.45, 2.75) is 6.04 Å². The van der Waals surface area contributed by atoms with E-state index in [1.807, 2.05) is 0 Å². The van der Waals surface area contributed by atoms with Crippen molar-refractivity contribution in [1.82, 2.24) is 10.6 Å². The third kappa shape index (κ3) is 4.64. The Kier molecular flexibility index (Phi) is 4.98. The molecule has 0 saturated carbocycles. The van der Waals surface area contributed by atoms with Crippen molar-refractivity contribution < 1.29 is 14.7 Å². The van der Waals surface area contributed by atoms with Crippen molar-refractivity contribution >= 4 is 11.9 Å². The maximum Gasteiger partial charge on any atom is 0.322 e. The highest BCUT2D eigenvalue weighted by molar-refractivity contribution is 5.79. The second kappa shape index (κ2) is 5.50. The lowest BCUT2D eigenvalue weighted by molar-refractivity contribution is -0.138. The zero-order valence-corrected chi connectivity index (χ0v) is 6.83. The molecule has 70 valence electrons. The fourth-order valence-electron chi connectivity index (χ4n) is 0.534. The first-order valence-corrected chi connectivity index (χ1v) is 3.47. The Morgan fingerprint density at radius 2 is 2.17 bits per heavy atom. The minimum absolute atomic E-state index is 0.0458. The molecule has 0 aliphatic carbocycles. The Morgan fingerprint density at radius 3 is 2.58 bits per heavy atom. The predicted molar refractivity (Wildman–Crippen MR) is 42.5 cm³/mol. The molecule has 0 aliphatic heterocycles. The summed E-state index contributed by atoms with van der Waals surface area (Å²) in [5.41, 5.74) is 5.13. The van der Waals surface area contributed by atoms with Gasteiger partial charge < -0.3 is 21.5 Å². The fourth-order valence-corrected chi connectivity index (χ4v) is 0.534.